The summed E-state index contributed by atoms with van der Waals surface area (Å²) in [5, 5.41) is 0.914. The Labute approximate surface area is 109 Å². The van der Waals surface area contributed by atoms with Gasteiger partial charge in [0, 0.05) is 18.1 Å². The van der Waals surface area contributed by atoms with Crippen molar-refractivity contribution in [3.8, 4) is 11.4 Å². The number of fused-ring (bicyclic) bond motifs is 1. The molecule has 0 saturated carbocycles. The fourth-order valence-corrected chi connectivity index (χ4v) is 1.86. The highest BCUT2D eigenvalue weighted by Gasteiger charge is 2.05. The standard InChI is InChI=1S/C14H11FN4/c15-14-3-1-2-11(19-14)12-5-4-9-8-17-10(7-16)6-13(9)18-12/h1-6,8H,7,16H2. The van der Waals surface area contributed by atoms with Gasteiger partial charge < -0.3 is 5.73 Å². The zero-order chi connectivity index (χ0) is 13.2. The SMILES string of the molecule is NCc1cc2nc(-c3cccc(F)n3)ccc2cn1. The number of halogens is 1. The van der Waals surface area contributed by atoms with E-state index in [4.69, 9.17) is 5.73 Å². The molecule has 0 aromatic carbocycles. The second-order valence-corrected chi connectivity index (χ2v) is 4.11. The second-order valence-electron chi connectivity index (χ2n) is 4.11. The molecule has 0 spiro atoms. The van der Waals surface area contributed by atoms with Gasteiger partial charge in [-0.25, -0.2) is 9.97 Å². The van der Waals surface area contributed by atoms with Crippen LogP contribution in [-0.4, -0.2) is 15.0 Å². The van der Waals surface area contributed by atoms with Crippen LogP contribution in [0.2, 0.25) is 0 Å². The number of rotatable bonds is 2. The summed E-state index contributed by atoms with van der Waals surface area (Å²) in [4.78, 5) is 12.5. The van der Waals surface area contributed by atoms with Crippen LogP contribution in [0.5, 0.6) is 0 Å². The van der Waals surface area contributed by atoms with Crippen LogP contribution in [0.15, 0.2) is 42.6 Å². The van der Waals surface area contributed by atoms with E-state index in [1.165, 1.54) is 6.07 Å². The van der Waals surface area contributed by atoms with E-state index in [1.807, 2.05) is 12.1 Å². The molecule has 4 nitrogen and oxygen atoms in total. The Morgan fingerprint density at radius 1 is 1.05 bits per heavy atom. The Kier molecular flexibility index (Phi) is 2.89. The molecule has 0 amide bonds. The molecule has 3 aromatic rings. The van der Waals surface area contributed by atoms with E-state index in [0.717, 1.165) is 16.6 Å². The van der Waals surface area contributed by atoms with Crippen LogP contribution in [0.1, 0.15) is 5.69 Å². The van der Waals surface area contributed by atoms with Crippen LogP contribution in [0.25, 0.3) is 22.3 Å². The monoisotopic (exact) mass is 254 g/mol. The Balaban J connectivity index is 2.15. The zero-order valence-electron chi connectivity index (χ0n) is 10.0. The maximum absolute atomic E-state index is 13.1. The summed E-state index contributed by atoms with van der Waals surface area (Å²) >= 11 is 0. The number of pyridine rings is 3. The van der Waals surface area contributed by atoms with Gasteiger partial charge in [0.05, 0.1) is 22.6 Å². The number of aromatic nitrogens is 3. The molecule has 0 bridgehead atoms. The maximum Gasteiger partial charge on any atom is 0.213 e. The average molecular weight is 254 g/mol. The molecule has 0 atom stereocenters. The smallest absolute Gasteiger partial charge is 0.213 e. The first-order valence-electron chi connectivity index (χ1n) is 5.85. The third kappa shape index (κ3) is 2.28. The highest BCUT2D eigenvalue weighted by molar-refractivity contribution is 5.80. The highest BCUT2D eigenvalue weighted by Crippen LogP contribution is 2.19. The lowest BCUT2D eigenvalue weighted by Gasteiger charge is -2.04. The normalized spacial score (nSPS) is 10.8. The third-order valence-corrected chi connectivity index (χ3v) is 2.82. The number of nitrogens with two attached hydrogens (primary N) is 1. The van der Waals surface area contributed by atoms with Gasteiger partial charge in [-0.05, 0) is 30.3 Å². The molecule has 5 heteroatoms. The Hall–Kier alpha value is -2.40. The van der Waals surface area contributed by atoms with Gasteiger partial charge in [-0.2, -0.15) is 4.39 Å². The van der Waals surface area contributed by atoms with E-state index in [2.05, 4.69) is 15.0 Å². The van der Waals surface area contributed by atoms with Crippen molar-refractivity contribution in [3.05, 3.63) is 54.2 Å². The number of hydrogen-bond donors (Lipinski definition) is 1. The molecule has 0 radical (unpaired) electrons. The van der Waals surface area contributed by atoms with E-state index in [9.17, 15) is 4.39 Å². The van der Waals surface area contributed by atoms with Crippen LogP contribution in [-0.2, 0) is 6.54 Å². The Bertz CT molecular complexity index is 742. The minimum atomic E-state index is -0.517. The molecule has 0 aliphatic rings. The van der Waals surface area contributed by atoms with Crippen molar-refractivity contribution in [2.24, 2.45) is 5.73 Å². The molecule has 0 saturated heterocycles. The molecule has 3 heterocycles. The molecular weight excluding hydrogens is 243 g/mol. The fraction of sp³-hybridized carbons (Fsp3) is 0.0714. The molecule has 0 aliphatic carbocycles. The number of hydrogen-bond acceptors (Lipinski definition) is 4. The maximum atomic E-state index is 13.1. The molecule has 94 valence electrons. The molecule has 3 rings (SSSR count). The van der Waals surface area contributed by atoms with Gasteiger partial charge in [-0.15, -0.1) is 0 Å². The highest BCUT2D eigenvalue weighted by atomic mass is 19.1. The number of nitrogens with zero attached hydrogens (tertiary/aromatic N) is 3. The minimum absolute atomic E-state index is 0.361. The fourth-order valence-electron chi connectivity index (χ4n) is 1.86. The molecule has 0 fully saturated rings. The van der Waals surface area contributed by atoms with Crippen molar-refractivity contribution in [2.45, 2.75) is 6.54 Å². The van der Waals surface area contributed by atoms with Crippen LogP contribution in [0.3, 0.4) is 0 Å². The van der Waals surface area contributed by atoms with Crippen molar-refractivity contribution in [3.63, 3.8) is 0 Å². The first-order valence-corrected chi connectivity index (χ1v) is 5.85. The molecular formula is C14H11FN4. The average Bonchev–Trinajstić information content (AvgIpc) is 2.46. The quantitative estimate of drug-likeness (QED) is 0.712. The zero-order valence-corrected chi connectivity index (χ0v) is 10.0. The predicted molar refractivity (Wildman–Crippen MR) is 70.6 cm³/mol. The third-order valence-electron chi connectivity index (χ3n) is 2.82. The lowest BCUT2D eigenvalue weighted by molar-refractivity contribution is 0.585. The summed E-state index contributed by atoms with van der Waals surface area (Å²) in [5.41, 5.74) is 8.24. The van der Waals surface area contributed by atoms with Crippen LogP contribution >= 0.6 is 0 Å². The van der Waals surface area contributed by atoms with Crippen molar-refractivity contribution in [2.75, 3.05) is 0 Å². The molecule has 0 unspecified atom stereocenters. The molecule has 2 N–H and O–H groups in total. The van der Waals surface area contributed by atoms with Crippen molar-refractivity contribution >= 4 is 10.9 Å². The molecule has 3 aromatic heterocycles. The topological polar surface area (TPSA) is 64.7 Å². The van der Waals surface area contributed by atoms with Gasteiger partial charge in [0.2, 0.25) is 5.95 Å². The van der Waals surface area contributed by atoms with E-state index < -0.39 is 5.95 Å². The van der Waals surface area contributed by atoms with E-state index >= 15 is 0 Å². The van der Waals surface area contributed by atoms with Crippen molar-refractivity contribution in [1.82, 2.24) is 15.0 Å². The largest absolute Gasteiger partial charge is 0.325 e. The van der Waals surface area contributed by atoms with Gasteiger partial charge in [-0.1, -0.05) is 6.07 Å². The first kappa shape index (κ1) is 11.7. The van der Waals surface area contributed by atoms with Crippen LogP contribution in [0.4, 0.5) is 4.39 Å². The summed E-state index contributed by atoms with van der Waals surface area (Å²) in [6.07, 6.45) is 1.73. The van der Waals surface area contributed by atoms with Gasteiger partial charge in [-0.3, -0.25) is 4.98 Å². The summed E-state index contributed by atoms with van der Waals surface area (Å²) in [5.74, 6) is -0.517. The molecule has 19 heavy (non-hydrogen) atoms. The second kappa shape index (κ2) is 4.70. The summed E-state index contributed by atoms with van der Waals surface area (Å²) in [6.45, 7) is 0.361. The summed E-state index contributed by atoms with van der Waals surface area (Å²) in [6, 6.07) is 10.2. The van der Waals surface area contributed by atoms with Gasteiger partial charge in [0.15, 0.2) is 0 Å². The van der Waals surface area contributed by atoms with Gasteiger partial charge >= 0.3 is 0 Å². The summed E-state index contributed by atoms with van der Waals surface area (Å²) in [7, 11) is 0. The van der Waals surface area contributed by atoms with Crippen molar-refractivity contribution < 1.29 is 4.39 Å². The van der Waals surface area contributed by atoms with Crippen molar-refractivity contribution in [1.29, 1.82) is 0 Å². The van der Waals surface area contributed by atoms with Gasteiger partial charge in [0.1, 0.15) is 0 Å². The van der Waals surface area contributed by atoms with Gasteiger partial charge in [0.25, 0.3) is 0 Å². The van der Waals surface area contributed by atoms with E-state index in [1.54, 1.807) is 24.4 Å². The Morgan fingerprint density at radius 3 is 2.68 bits per heavy atom. The first-order chi connectivity index (χ1) is 9.26. The lowest BCUT2D eigenvalue weighted by Crippen LogP contribution is -1.99. The van der Waals surface area contributed by atoms with E-state index in [-0.39, 0.29) is 0 Å². The Morgan fingerprint density at radius 2 is 1.89 bits per heavy atom. The lowest BCUT2D eigenvalue weighted by atomic mass is 10.2. The van der Waals surface area contributed by atoms with Crippen LogP contribution in [0, 0.1) is 5.95 Å². The summed E-state index contributed by atoms with van der Waals surface area (Å²) < 4.78 is 13.1. The predicted octanol–water partition coefficient (Wildman–Crippen LogP) is 2.29. The van der Waals surface area contributed by atoms with Crippen LogP contribution < -0.4 is 5.73 Å². The minimum Gasteiger partial charge on any atom is -0.325 e. The molecule has 0 aliphatic heterocycles. The van der Waals surface area contributed by atoms with E-state index in [0.29, 0.717) is 17.9 Å².